The predicted octanol–water partition coefficient (Wildman–Crippen LogP) is 7.78. The summed E-state index contributed by atoms with van der Waals surface area (Å²) in [5, 5.41) is 37.0. The average Bonchev–Trinajstić information content (AvgIpc) is 3.31. The van der Waals surface area contributed by atoms with Crippen molar-refractivity contribution in [3.05, 3.63) is 119 Å². The van der Waals surface area contributed by atoms with Crippen LogP contribution < -0.4 is 14.8 Å². The molecule has 1 saturated carbocycles. The summed E-state index contributed by atoms with van der Waals surface area (Å²) in [6.45, 7) is 5.11. The van der Waals surface area contributed by atoms with Crippen LogP contribution in [0.2, 0.25) is 0 Å². The number of likely N-dealkylation sites (N-methyl/N-ethyl adjacent to an activating group) is 1. The Morgan fingerprint density at radius 1 is 1.03 bits per heavy atom. The second-order valence-corrected chi connectivity index (χ2v) is 16.5. The number of rotatable bonds is 18. The number of oxime groups is 1. The van der Waals surface area contributed by atoms with Gasteiger partial charge in [0.25, 0.3) is 5.91 Å². The number of nitrogens with one attached hydrogen (secondary N) is 1. The zero-order chi connectivity index (χ0) is 43.5. The number of ether oxygens (including phenoxy) is 4. The monoisotopic (exact) mass is 846 g/mol. The highest BCUT2D eigenvalue weighted by Crippen LogP contribution is 2.62. The Kier molecular flexibility index (Phi) is 15.1. The van der Waals surface area contributed by atoms with E-state index < -0.39 is 30.1 Å². The third-order valence-corrected chi connectivity index (χ3v) is 12.6. The summed E-state index contributed by atoms with van der Waals surface area (Å²) in [6.07, 6.45) is 9.98. The number of aliphatic hydroxyl groups is 2. The standard InChI is InChI=1S/C49H58N4O9/c1-3-26-59-49-43(53(2)47(56)35-20-18-33(31-50)19-21-35)30-41(52-62-44-17-9-12-27-58-44)39-28-36(15-7-10-24-54)38(16-8-11-25-55)45(46(39)49)40-29-37(22-23-42(40)61-49)60-48(57)51-32-34-13-5-4-6-14-34/h3-6,13-14,18-23,28-29,36,38,43-46,54-55H,1,7-12,15-17,24-27,30,32H2,2H3,(H,51,57)/t36-,38+,43-,44?,45+,46+,49+/m0/s1. The van der Waals surface area contributed by atoms with Crippen molar-refractivity contribution >= 4 is 17.7 Å². The maximum Gasteiger partial charge on any atom is 0.412 e. The number of carbonyl (C=O) groups is 2. The molecule has 2 fully saturated rings. The minimum Gasteiger partial charge on any atom is -0.459 e. The summed E-state index contributed by atoms with van der Waals surface area (Å²) < 4.78 is 26.1. The zero-order valence-electron chi connectivity index (χ0n) is 35.5. The van der Waals surface area contributed by atoms with Crippen molar-refractivity contribution in [1.29, 1.82) is 5.26 Å². The van der Waals surface area contributed by atoms with Crippen LogP contribution in [-0.4, -0.2) is 84.4 Å². The van der Waals surface area contributed by atoms with Crippen molar-refractivity contribution in [3.8, 4) is 17.6 Å². The maximum atomic E-state index is 14.6. The first kappa shape index (κ1) is 44.5. The topological polar surface area (TPSA) is 172 Å². The molecule has 4 aliphatic rings. The largest absolute Gasteiger partial charge is 0.459 e. The van der Waals surface area contributed by atoms with Crippen molar-refractivity contribution in [2.45, 2.75) is 94.8 Å². The molecular formula is C49H58N4O9. The Morgan fingerprint density at radius 2 is 1.81 bits per heavy atom. The molecule has 13 heteroatoms. The number of hydrogen-bond acceptors (Lipinski definition) is 11. The third kappa shape index (κ3) is 9.90. The Labute approximate surface area is 363 Å². The number of benzene rings is 3. The molecule has 0 aromatic heterocycles. The second-order valence-electron chi connectivity index (χ2n) is 16.5. The quantitative estimate of drug-likeness (QED) is 0.0652. The molecule has 7 rings (SSSR count). The van der Waals surface area contributed by atoms with Gasteiger partial charge < -0.3 is 44.2 Å². The summed E-state index contributed by atoms with van der Waals surface area (Å²) in [7, 11) is 1.74. The molecule has 3 aromatic rings. The normalized spacial score (nSPS) is 25.5. The Balaban J connectivity index is 1.37. The van der Waals surface area contributed by atoms with E-state index in [4.69, 9.17) is 28.9 Å². The molecule has 3 N–H and O–H groups in total. The molecule has 7 atom stereocenters. The van der Waals surface area contributed by atoms with Crippen molar-refractivity contribution in [3.63, 3.8) is 0 Å². The van der Waals surface area contributed by atoms with E-state index in [1.807, 2.05) is 36.4 Å². The van der Waals surface area contributed by atoms with Gasteiger partial charge in [-0.25, -0.2) is 4.79 Å². The van der Waals surface area contributed by atoms with Gasteiger partial charge in [0, 0.05) is 56.7 Å². The summed E-state index contributed by atoms with van der Waals surface area (Å²) >= 11 is 0. The van der Waals surface area contributed by atoms with Gasteiger partial charge in [-0.1, -0.05) is 60.5 Å². The maximum absolute atomic E-state index is 14.6. The van der Waals surface area contributed by atoms with Gasteiger partial charge in [-0.3, -0.25) is 4.79 Å². The van der Waals surface area contributed by atoms with Gasteiger partial charge >= 0.3 is 6.09 Å². The van der Waals surface area contributed by atoms with E-state index in [9.17, 15) is 25.1 Å². The lowest BCUT2D eigenvalue weighted by atomic mass is 9.55. The highest BCUT2D eigenvalue weighted by molar-refractivity contribution is 6.03. The number of allylic oxidation sites excluding steroid dienone is 1. The predicted molar refractivity (Wildman–Crippen MR) is 232 cm³/mol. The molecule has 0 bridgehead atoms. The molecule has 1 saturated heterocycles. The zero-order valence-corrected chi connectivity index (χ0v) is 35.5. The first-order valence-electron chi connectivity index (χ1n) is 21.9. The van der Waals surface area contributed by atoms with Crippen molar-refractivity contribution in [1.82, 2.24) is 10.2 Å². The van der Waals surface area contributed by atoms with Crippen molar-refractivity contribution < 1.29 is 43.6 Å². The van der Waals surface area contributed by atoms with Crippen molar-refractivity contribution in [2.75, 3.05) is 33.5 Å². The van der Waals surface area contributed by atoms with Crippen LogP contribution in [0.1, 0.15) is 97.2 Å². The van der Waals surface area contributed by atoms with Crippen LogP contribution in [0.15, 0.2) is 102 Å². The molecule has 1 unspecified atom stereocenters. The molecule has 0 radical (unpaired) electrons. The van der Waals surface area contributed by atoms with E-state index >= 15 is 0 Å². The van der Waals surface area contributed by atoms with Crippen LogP contribution in [0.4, 0.5) is 4.79 Å². The van der Waals surface area contributed by atoms with E-state index in [-0.39, 0.29) is 49.9 Å². The van der Waals surface area contributed by atoms with Gasteiger partial charge in [0.15, 0.2) is 0 Å². The molecule has 0 spiro atoms. The van der Waals surface area contributed by atoms with Gasteiger partial charge in [0.05, 0.1) is 36.5 Å². The van der Waals surface area contributed by atoms with Crippen molar-refractivity contribution in [2.24, 2.45) is 22.9 Å². The minimum atomic E-state index is -1.46. The number of aliphatic hydroxyl groups excluding tert-OH is 2. The molecular weight excluding hydrogens is 789 g/mol. The third-order valence-electron chi connectivity index (χ3n) is 12.6. The van der Waals surface area contributed by atoms with E-state index in [1.165, 1.54) is 0 Å². The number of carbonyl (C=O) groups excluding carboxylic acids is 2. The number of nitriles is 1. The fourth-order valence-electron chi connectivity index (χ4n) is 9.65. The summed E-state index contributed by atoms with van der Waals surface area (Å²) in [5.41, 5.74) is 4.13. The van der Waals surface area contributed by atoms with Crippen LogP contribution in [0.5, 0.6) is 11.5 Å². The SMILES string of the molecule is C=CCO[C@@]12Oc3ccc(OC(=O)NCc4ccccc4)cc3[C@H]3[C@H](CCCCO)[C@@H](CCCCO)C=C(C(=NOC4CCCCO4)C[C@@H]1N(C)C(=O)c1ccc(C#N)cc1)[C@H]32. The van der Waals surface area contributed by atoms with Crippen LogP contribution in [0.3, 0.4) is 0 Å². The first-order valence-corrected chi connectivity index (χ1v) is 21.9. The lowest BCUT2D eigenvalue weighted by molar-refractivity contribution is -0.252. The van der Waals surface area contributed by atoms with E-state index in [2.05, 4.69) is 24.0 Å². The number of hydrogen-bond donors (Lipinski definition) is 3. The van der Waals surface area contributed by atoms with Crippen LogP contribution in [0.25, 0.3) is 0 Å². The number of nitrogens with zero attached hydrogens (tertiary/aromatic N) is 3. The minimum absolute atomic E-state index is 0.0176. The highest BCUT2D eigenvalue weighted by atomic mass is 16.8. The van der Waals surface area contributed by atoms with Gasteiger partial charge in [-0.2, -0.15) is 5.26 Å². The molecule has 2 amide bonds. The number of fused-ring (bicyclic) bond motifs is 2. The molecule has 2 heterocycles. The highest BCUT2D eigenvalue weighted by Gasteiger charge is 2.65. The molecule has 2 aliphatic carbocycles. The second kappa shape index (κ2) is 21.0. The van der Waals surface area contributed by atoms with Gasteiger partial charge in [0.2, 0.25) is 12.1 Å². The van der Waals surface area contributed by atoms with E-state index in [1.54, 1.807) is 54.4 Å². The molecule has 62 heavy (non-hydrogen) atoms. The van der Waals surface area contributed by atoms with Crippen LogP contribution >= 0.6 is 0 Å². The number of amides is 2. The smallest absolute Gasteiger partial charge is 0.412 e. The Morgan fingerprint density at radius 3 is 2.52 bits per heavy atom. The fraction of sp³-hybridized carbons (Fsp3) is 0.469. The average molecular weight is 847 g/mol. The fourth-order valence-corrected chi connectivity index (χ4v) is 9.65. The summed E-state index contributed by atoms with van der Waals surface area (Å²) in [6, 6.07) is 22.9. The molecule has 328 valence electrons. The lowest BCUT2D eigenvalue weighted by Crippen LogP contribution is -2.69. The van der Waals surface area contributed by atoms with E-state index in [0.717, 1.165) is 55.2 Å². The Bertz CT molecular complexity index is 2110. The van der Waals surface area contributed by atoms with E-state index in [0.29, 0.717) is 60.8 Å². The molecule has 3 aromatic carbocycles. The first-order chi connectivity index (χ1) is 30.3. The summed E-state index contributed by atoms with van der Waals surface area (Å²) in [5.74, 6) is -1.74. The van der Waals surface area contributed by atoms with Crippen LogP contribution in [-0.2, 0) is 20.9 Å². The number of unbranched alkanes of at least 4 members (excludes halogenated alkanes) is 2. The Hall–Kier alpha value is -5.52. The van der Waals surface area contributed by atoms with Gasteiger partial charge in [-0.05, 0) is 104 Å². The molecule has 13 nitrogen and oxygen atoms in total. The van der Waals surface area contributed by atoms with Gasteiger partial charge in [0.1, 0.15) is 17.5 Å². The summed E-state index contributed by atoms with van der Waals surface area (Å²) in [4.78, 5) is 35.7. The van der Waals surface area contributed by atoms with Crippen LogP contribution in [0, 0.1) is 29.1 Å². The lowest BCUT2D eigenvalue weighted by Gasteiger charge is -2.59. The van der Waals surface area contributed by atoms with Gasteiger partial charge in [-0.15, -0.1) is 6.58 Å². The molecule has 2 aliphatic heterocycles.